The van der Waals surface area contributed by atoms with E-state index in [1.165, 1.54) is 6.92 Å². The zero-order valence-corrected chi connectivity index (χ0v) is 21.8. The topological polar surface area (TPSA) is 71.2 Å². The normalized spacial score (nSPS) is 12.8. The fraction of sp³-hybridized carbons (Fsp3) is 0.524. The molecule has 29 heavy (non-hydrogen) atoms. The van der Waals surface area contributed by atoms with Crippen molar-refractivity contribution in [2.75, 3.05) is 12.9 Å². The van der Waals surface area contributed by atoms with Crippen molar-refractivity contribution in [1.82, 2.24) is 10.3 Å². The Kier molecular flexibility index (Phi) is 12.0. The first-order valence-electron chi connectivity index (χ1n) is 9.62. The molecule has 0 radical (unpaired) electrons. The third kappa shape index (κ3) is 8.35. The first-order valence-corrected chi connectivity index (χ1v) is 10.7. The number of amides is 1. The van der Waals surface area contributed by atoms with Gasteiger partial charge in [-0.05, 0) is 30.2 Å². The van der Waals surface area contributed by atoms with Crippen LogP contribution in [0.25, 0.3) is 10.9 Å². The average molecular weight is 486 g/mol. The molecular weight excluding hydrogens is 458 g/mol. The van der Waals surface area contributed by atoms with Crippen LogP contribution in [0.1, 0.15) is 44.6 Å². The summed E-state index contributed by atoms with van der Waals surface area (Å²) in [6, 6.07) is 5.24. The molecule has 1 aromatic carbocycles. The summed E-state index contributed by atoms with van der Waals surface area (Å²) in [5, 5.41) is 4.01. The second-order valence-corrected chi connectivity index (χ2v) is 8.08. The molecule has 2 unspecified atom stereocenters. The number of fused-ring (bicyclic) bond motifs is 1. The van der Waals surface area contributed by atoms with Gasteiger partial charge in [0.15, 0.2) is 5.78 Å². The monoisotopic (exact) mass is 484 g/mol. The maximum absolute atomic E-state index is 12.7. The van der Waals surface area contributed by atoms with Crippen LogP contribution in [0.3, 0.4) is 0 Å². The fourth-order valence-corrected chi connectivity index (χ4v) is 4.00. The maximum Gasteiger partial charge on any atom is 2.00 e. The summed E-state index contributed by atoms with van der Waals surface area (Å²) in [4.78, 5) is 27.6. The van der Waals surface area contributed by atoms with E-state index in [1.807, 2.05) is 24.4 Å². The van der Waals surface area contributed by atoms with Crippen LogP contribution in [0, 0.1) is 0 Å². The van der Waals surface area contributed by atoms with Crippen molar-refractivity contribution in [3.8, 4) is 5.75 Å². The first-order chi connectivity index (χ1) is 13.4. The van der Waals surface area contributed by atoms with Gasteiger partial charge >= 0.3 is 19.5 Å². The fourth-order valence-electron chi connectivity index (χ4n) is 3.29. The van der Waals surface area contributed by atoms with Crippen molar-refractivity contribution in [2.45, 2.75) is 56.7 Å². The molecule has 1 aromatic heterocycles. The molecule has 2 N–H and O–H groups in total. The van der Waals surface area contributed by atoms with Gasteiger partial charge in [-0.3, -0.25) is 9.59 Å². The molecule has 0 saturated carbocycles. The number of ketones is 1. The molecule has 0 spiro atoms. The Morgan fingerprint density at radius 2 is 2.00 bits per heavy atom. The number of carbonyl (C=O) groups is 2. The van der Waals surface area contributed by atoms with Crippen molar-refractivity contribution in [3.63, 3.8) is 0 Å². The Morgan fingerprint density at radius 3 is 2.66 bits per heavy atom. The minimum absolute atomic E-state index is 0. The molecular formula is C21H28N2O3S2Zn. The Labute approximate surface area is 196 Å². The Balaban J connectivity index is 0.00000420. The molecule has 154 valence electrons. The summed E-state index contributed by atoms with van der Waals surface area (Å²) in [7, 11) is 1.62. The Hall–Kier alpha value is -0.977. The van der Waals surface area contributed by atoms with Crippen molar-refractivity contribution >= 4 is 47.9 Å². The molecule has 0 aliphatic rings. The number of aromatic nitrogens is 1. The number of unbranched alkanes of at least 4 members (excludes halogenated alkanes) is 1. The second kappa shape index (κ2) is 13.4. The molecule has 2 rings (SSSR count). The van der Waals surface area contributed by atoms with Crippen LogP contribution in [0.15, 0.2) is 24.4 Å². The molecule has 2 aromatic rings. The first kappa shape index (κ1) is 26.1. The second-order valence-electron chi connectivity index (χ2n) is 7.01. The number of carbonyl (C=O) groups excluding carboxylic acids is 2. The van der Waals surface area contributed by atoms with E-state index in [-0.39, 0.29) is 36.4 Å². The van der Waals surface area contributed by atoms with Crippen molar-refractivity contribution in [1.29, 1.82) is 0 Å². The van der Waals surface area contributed by atoms with Gasteiger partial charge in [0.25, 0.3) is 0 Å². The van der Waals surface area contributed by atoms with Gasteiger partial charge in [-0.1, -0.05) is 19.3 Å². The largest absolute Gasteiger partial charge is 2.00 e. The van der Waals surface area contributed by atoms with Gasteiger partial charge < -0.3 is 40.3 Å². The predicted octanol–water partition coefficient (Wildman–Crippen LogP) is 3.20. The quantitative estimate of drug-likeness (QED) is 0.274. The minimum Gasteiger partial charge on any atom is -0.793 e. The number of rotatable bonds is 12. The molecule has 0 saturated heterocycles. The van der Waals surface area contributed by atoms with E-state index in [4.69, 9.17) is 30.0 Å². The Morgan fingerprint density at radius 1 is 1.24 bits per heavy atom. The van der Waals surface area contributed by atoms with E-state index in [2.05, 4.69) is 10.3 Å². The number of ether oxygens (including phenoxy) is 1. The van der Waals surface area contributed by atoms with Crippen molar-refractivity contribution in [3.05, 3.63) is 30.0 Å². The summed E-state index contributed by atoms with van der Waals surface area (Å²) in [5.74, 6) is 1.30. The van der Waals surface area contributed by atoms with Crippen LogP contribution < -0.4 is 10.1 Å². The van der Waals surface area contributed by atoms with Crippen LogP contribution in [0.5, 0.6) is 5.75 Å². The van der Waals surface area contributed by atoms with E-state index < -0.39 is 6.04 Å². The SMILES string of the molecule is COc1ccc2[nH]cc(CC(NC(C)=O)C(=O)CCCCC([S-])CC[S-])c2c1.[Zn+2]. The zero-order valence-electron chi connectivity index (χ0n) is 17.2. The summed E-state index contributed by atoms with van der Waals surface area (Å²) in [5.41, 5.74) is 1.96. The number of methoxy groups -OCH3 is 1. The van der Waals surface area contributed by atoms with Gasteiger partial charge in [-0.15, -0.1) is 0 Å². The number of benzene rings is 1. The van der Waals surface area contributed by atoms with E-state index in [0.717, 1.165) is 47.9 Å². The van der Waals surface area contributed by atoms with Crippen LogP contribution in [0.2, 0.25) is 0 Å². The summed E-state index contributed by atoms with van der Waals surface area (Å²) >= 11 is 10.3. The van der Waals surface area contributed by atoms with Gasteiger partial charge in [0, 0.05) is 36.9 Å². The van der Waals surface area contributed by atoms with Crippen LogP contribution in [-0.4, -0.2) is 40.8 Å². The molecule has 1 amide bonds. The summed E-state index contributed by atoms with van der Waals surface area (Å²) < 4.78 is 5.30. The number of aromatic amines is 1. The van der Waals surface area contributed by atoms with E-state index in [0.29, 0.717) is 18.6 Å². The third-order valence-electron chi connectivity index (χ3n) is 4.80. The zero-order chi connectivity index (χ0) is 20.5. The minimum atomic E-state index is -0.533. The molecule has 5 nitrogen and oxygen atoms in total. The number of hydrogen-bond acceptors (Lipinski definition) is 5. The van der Waals surface area contributed by atoms with Crippen LogP contribution in [-0.2, 0) is 60.7 Å². The standard InChI is InChI=1S/C21H30N2O3S2.Zn/c1-14(24)23-20(21(25)6-4-3-5-17(28)9-10-27)11-15-13-22-19-8-7-16(26-2)12-18(15)19;/h7-8,12-13,17,20,22,27-28H,3-6,9-11H2,1-2H3,(H,23,24);/q;+2/p-2. The summed E-state index contributed by atoms with van der Waals surface area (Å²) in [6.07, 6.45) is 6.25. The number of H-pyrrole nitrogens is 1. The molecule has 2 atom stereocenters. The maximum atomic E-state index is 12.7. The van der Waals surface area contributed by atoms with Gasteiger partial charge in [-0.2, -0.15) is 11.0 Å². The molecule has 0 aliphatic carbocycles. The summed E-state index contributed by atoms with van der Waals surface area (Å²) in [6.45, 7) is 1.44. The molecule has 0 aliphatic heterocycles. The smallest absolute Gasteiger partial charge is 0.793 e. The molecule has 1 heterocycles. The van der Waals surface area contributed by atoms with Crippen LogP contribution in [0.4, 0.5) is 0 Å². The number of nitrogens with one attached hydrogen (secondary N) is 2. The van der Waals surface area contributed by atoms with E-state index >= 15 is 0 Å². The van der Waals surface area contributed by atoms with Crippen molar-refractivity contribution < 1.29 is 33.8 Å². The third-order valence-corrected chi connectivity index (χ3v) is 5.51. The van der Waals surface area contributed by atoms with Gasteiger partial charge in [0.1, 0.15) is 5.75 Å². The van der Waals surface area contributed by atoms with Gasteiger partial charge in [0.2, 0.25) is 5.91 Å². The average Bonchev–Trinajstić information content (AvgIpc) is 3.06. The van der Waals surface area contributed by atoms with E-state index in [1.54, 1.807) is 7.11 Å². The van der Waals surface area contributed by atoms with Gasteiger partial charge in [-0.25, -0.2) is 0 Å². The van der Waals surface area contributed by atoms with E-state index in [9.17, 15) is 9.59 Å². The molecule has 0 fully saturated rings. The van der Waals surface area contributed by atoms with Crippen molar-refractivity contribution in [2.24, 2.45) is 0 Å². The Bertz CT molecular complexity index is 797. The number of hydrogen-bond donors (Lipinski definition) is 2. The molecule has 0 bridgehead atoms. The predicted molar refractivity (Wildman–Crippen MR) is 118 cm³/mol. The molecule has 8 heteroatoms. The number of Topliss-reactive ketones (excluding diaryl/α,β-unsaturated/α-hetero) is 1. The van der Waals surface area contributed by atoms with Gasteiger partial charge in [0.05, 0.1) is 13.2 Å². The van der Waals surface area contributed by atoms with Crippen LogP contribution >= 0.6 is 0 Å².